The monoisotopic (exact) mass is 844 g/mol. The molecule has 0 aliphatic carbocycles. The van der Waals surface area contributed by atoms with E-state index in [1.165, 1.54) is 11.1 Å². The minimum absolute atomic E-state index is 0.270. The van der Waals surface area contributed by atoms with Crippen LogP contribution in [0, 0.1) is 0 Å². The van der Waals surface area contributed by atoms with E-state index in [1.54, 1.807) is 0 Å². The molecule has 29 heavy (non-hydrogen) atoms. The van der Waals surface area contributed by atoms with E-state index in [-0.39, 0.29) is 9.65 Å². The molecule has 2 aromatic carbocycles. The summed E-state index contributed by atoms with van der Waals surface area (Å²) in [6.07, 6.45) is 1.87. The van der Waals surface area contributed by atoms with Crippen LogP contribution < -0.4 is 9.47 Å². The molecule has 0 aliphatic heterocycles. The highest BCUT2D eigenvalue weighted by Crippen LogP contribution is 2.36. The van der Waals surface area contributed by atoms with Crippen molar-refractivity contribution < 1.29 is 9.47 Å². The summed E-state index contributed by atoms with van der Waals surface area (Å²) in [7, 11) is 0. The van der Waals surface area contributed by atoms with Crippen LogP contribution in [0.3, 0.4) is 0 Å². The van der Waals surface area contributed by atoms with Crippen molar-refractivity contribution in [2.45, 2.75) is 22.5 Å². The molecule has 0 fully saturated rings. The zero-order valence-corrected chi connectivity index (χ0v) is 26.3. The van der Waals surface area contributed by atoms with E-state index in [2.05, 4.69) is 136 Å². The van der Waals surface area contributed by atoms with Crippen LogP contribution in [0.5, 0.6) is 11.5 Å². The van der Waals surface area contributed by atoms with Crippen LogP contribution in [-0.2, 0) is 12.8 Å². The number of benzene rings is 2. The van der Waals surface area contributed by atoms with E-state index in [4.69, 9.17) is 9.47 Å². The van der Waals surface area contributed by atoms with Crippen LogP contribution in [-0.4, -0.2) is 33.5 Å². The molecule has 0 saturated heterocycles. The van der Waals surface area contributed by atoms with E-state index in [1.807, 2.05) is 6.07 Å². The van der Waals surface area contributed by atoms with Gasteiger partial charge in [-0.1, -0.05) is 69.8 Å². The fourth-order valence-corrected chi connectivity index (χ4v) is 5.13. The molecule has 2 aromatic rings. The van der Waals surface area contributed by atoms with E-state index < -0.39 is 0 Å². The van der Waals surface area contributed by atoms with Crippen LogP contribution in [0.4, 0.5) is 0 Å². The van der Waals surface area contributed by atoms with Gasteiger partial charge in [-0.3, -0.25) is 0 Å². The van der Waals surface area contributed by atoms with Gasteiger partial charge in [0.25, 0.3) is 0 Å². The van der Waals surface area contributed by atoms with Crippen molar-refractivity contribution in [2.75, 3.05) is 23.9 Å². The molecular weight excluding hydrogens is 832 g/mol. The fraction of sp³-hybridized carbons (Fsp3) is 0.400. The van der Waals surface area contributed by atoms with Gasteiger partial charge in [0.2, 0.25) is 0 Å². The van der Waals surface area contributed by atoms with Gasteiger partial charge >= 0.3 is 0 Å². The van der Waals surface area contributed by atoms with Crippen molar-refractivity contribution >= 4 is 112 Å². The van der Waals surface area contributed by atoms with Crippen LogP contribution in [0.1, 0.15) is 11.1 Å². The molecule has 0 amide bonds. The van der Waals surface area contributed by atoms with E-state index in [0.717, 1.165) is 48.4 Å². The lowest BCUT2D eigenvalue weighted by atomic mass is 10.0. The average Bonchev–Trinajstić information content (AvgIpc) is 2.70. The van der Waals surface area contributed by atoms with E-state index in [0.29, 0.717) is 13.2 Å². The minimum Gasteiger partial charge on any atom is -0.491 e. The third kappa shape index (κ3) is 9.04. The van der Waals surface area contributed by atoms with E-state index >= 15 is 0 Å². The molecule has 2 rings (SSSR count). The highest BCUT2D eigenvalue weighted by Gasteiger charge is 2.12. The second-order valence-corrected chi connectivity index (χ2v) is 12.7. The Morgan fingerprint density at radius 1 is 0.690 bits per heavy atom. The number of ether oxygens (including phenoxy) is 2. The van der Waals surface area contributed by atoms with Crippen LogP contribution >= 0.6 is 112 Å². The van der Waals surface area contributed by atoms with Gasteiger partial charge in [-0.05, 0) is 96.0 Å². The molecule has 0 spiro atoms. The van der Waals surface area contributed by atoms with Crippen molar-refractivity contribution in [2.24, 2.45) is 0 Å². The first-order chi connectivity index (χ1) is 13.8. The summed E-state index contributed by atoms with van der Waals surface area (Å²) in [6.45, 7) is 1.21. The van der Waals surface area contributed by atoms with Gasteiger partial charge in [-0.2, -0.15) is 0 Å². The molecule has 0 heterocycles. The molecule has 9 heteroatoms. The minimum atomic E-state index is 0.270. The van der Waals surface area contributed by atoms with Crippen molar-refractivity contribution in [1.29, 1.82) is 0 Å². The Morgan fingerprint density at radius 2 is 1.21 bits per heavy atom. The maximum atomic E-state index is 5.92. The zero-order chi connectivity index (χ0) is 21.4. The SMILES string of the molecule is BrCC(Br)COc1ccc(CCc2cc(Br)c(OCC(Br)CBr)c(Br)c2)cc1Br. The van der Waals surface area contributed by atoms with E-state index in [9.17, 15) is 0 Å². The molecule has 160 valence electrons. The lowest BCUT2D eigenvalue weighted by Gasteiger charge is -2.14. The summed E-state index contributed by atoms with van der Waals surface area (Å²) in [6, 6.07) is 10.5. The van der Waals surface area contributed by atoms with Crippen molar-refractivity contribution in [3.05, 3.63) is 54.9 Å². The van der Waals surface area contributed by atoms with Crippen LogP contribution in [0.2, 0.25) is 0 Å². The van der Waals surface area contributed by atoms with Crippen molar-refractivity contribution in [3.63, 3.8) is 0 Å². The zero-order valence-electron chi connectivity index (χ0n) is 15.2. The maximum Gasteiger partial charge on any atom is 0.147 e. The average molecular weight is 851 g/mol. The first kappa shape index (κ1) is 26.7. The van der Waals surface area contributed by atoms with Gasteiger partial charge in [0.05, 0.1) is 23.1 Å². The standard InChI is InChI=1S/C20H19Br7O2/c21-8-14(23)10-28-19-4-3-12(5-16(19)25)1-2-13-6-17(26)20(18(27)7-13)29-11-15(24)9-22/h3-7,14-15H,1-2,8-11H2. The van der Waals surface area contributed by atoms with Crippen LogP contribution in [0.25, 0.3) is 0 Å². The third-order valence-electron chi connectivity index (χ3n) is 3.92. The maximum absolute atomic E-state index is 5.92. The number of hydrogen-bond donors (Lipinski definition) is 0. The summed E-state index contributed by atoms with van der Waals surface area (Å²) in [5, 5.41) is 1.69. The third-order valence-corrected chi connectivity index (χ3v) is 10.2. The normalized spacial score (nSPS) is 13.2. The summed E-state index contributed by atoms with van der Waals surface area (Å²) in [5.41, 5.74) is 2.50. The van der Waals surface area contributed by atoms with Gasteiger partial charge < -0.3 is 9.47 Å². The largest absolute Gasteiger partial charge is 0.491 e. The summed E-state index contributed by atoms with van der Waals surface area (Å²) in [4.78, 5) is 0.559. The number of rotatable bonds is 11. The molecule has 2 atom stereocenters. The molecule has 0 radical (unpaired) electrons. The second kappa shape index (κ2) is 13.8. The fourth-order valence-electron chi connectivity index (χ4n) is 2.44. The summed E-state index contributed by atoms with van der Waals surface area (Å²) >= 11 is 24.9. The van der Waals surface area contributed by atoms with Crippen molar-refractivity contribution in [3.8, 4) is 11.5 Å². The molecule has 2 nitrogen and oxygen atoms in total. The Balaban J connectivity index is 1.98. The van der Waals surface area contributed by atoms with Gasteiger partial charge in [-0.25, -0.2) is 0 Å². The smallest absolute Gasteiger partial charge is 0.147 e. The topological polar surface area (TPSA) is 18.5 Å². The molecular formula is C20H19Br7O2. The first-order valence-corrected chi connectivity index (χ1v) is 15.2. The Bertz CT molecular complexity index is 777. The molecule has 0 aliphatic rings. The summed E-state index contributed by atoms with van der Waals surface area (Å²) < 4.78 is 14.7. The Labute approximate surface area is 231 Å². The Kier molecular flexibility index (Phi) is 12.7. The molecule has 0 aromatic heterocycles. The van der Waals surface area contributed by atoms with Gasteiger partial charge in [0, 0.05) is 10.7 Å². The van der Waals surface area contributed by atoms with Gasteiger partial charge in [0.1, 0.15) is 24.7 Å². The molecule has 0 saturated carbocycles. The van der Waals surface area contributed by atoms with Gasteiger partial charge in [0.15, 0.2) is 0 Å². The highest BCUT2D eigenvalue weighted by atomic mass is 79.9. The lowest BCUT2D eigenvalue weighted by Crippen LogP contribution is -2.12. The second-order valence-electron chi connectivity index (χ2n) is 6.28. The number of halogens is 7. The quantitative estimate of drug-likeness (QED) is 0.211. The Hall–Kier alpha value is 1.40. The predicted octanol–water partition coefficient (Wildman–Crippen LogP) is 8.83. The molecule has 0 bridgehead atoms. The Morgan fingerprint density at radius 3 is 1.76 bits per heavy atom. The molecule has 0 N–H and O–H groups in total. The van der Waals surface area contributed by atoms with Gasteiger partial charge in [-0.15, -0.1) is 0 Å². The van der Waals surface area contributed by atoms with Crippen molar-refractivity contribution in [1.82, 2.24) is 0 Å². The lowest BCUT2D eigenvalue weighted by molar-refractivity contribution is 0.321. The number of alkyl halides is 4. The first-order valence-electron chi connectivity index (χ1n) is 8.76. The van der Waals surface area contributed by atoms with Crippen LogP contribution in [0.15, 0.2) is 43.7 Å². The predicted molar refractivity (Wildman–Crippen MR) is 147 cm³/mol. The number of aryl methyl sites for hydroxylation is 2. The highest BCUT2D eigenvalue weighted by molar-refractivity contribution is 9.12. The summed E-state index contributed by atoms with van der Waals surface area (Å²) in [5.74, 6) is 1.69. The molecule has 2 unspecified atom stereocenters. The number of hydrogen-bond acceptors (Lipinski definition) is 2.